The topological polar surface area (TPSA) is 65.4 Å². The van der Waals surface area contributed by atoms with Crippen LogP contribution in [0.3, 0.4) is 0 Å². The van der Waals surface area contributed by atoms with Crippen molar-refractivity contribution in [3.8, 4) is 0 Å². The number of benzene rings is 3. The van der Waals surface area contributed by atoms with Crippen LogP contribution in [0, 0.1) is 12.7 Å². The summed E-state index contributed by atoms with van der Waals surface area (Å²) >= 11 is 1.53. The van der Waals surface area contributed by atoms with Gasteiger partial charge in [-0.25, -0.2) is 16.8 Å². The van der Waals surface area contributed by atoms with E-state index in [0.29, 0.717) is 22.2 Å². The summed E-state index contributed by atoms with van der Waals surface area (Å²) in [6, 6.07) is 20.3. The zero-order valence-corrected chi connectivity index (χ0v) is 19.8. The Morgan fingerprint density at radius 1 is 1.00 bits per heavy atom. The van der Waals surface area contributed by atoms with Gasteiger partial charge >= 0.3 is 5.97 Å². The smallest absolute Gasteiger partial charge is 0.310 e. The maximum atomic E-state index is 14.0. The summed E-state index contributed by atoms with van der Waals surface area (Å²) in [5.41, 5.74) is 1.10. The standard InChI is InChI=1S/C25H22FNO4S2/c1-3-31-25(28)16-22-17(2)27(24-14-9-18(26)15-23(22)24)33(29,30)21-12-10-20(11-13-21)32-19-7-5-4-6-8-19/h4-15H,3,16H2,1-2H3. The molecule has 0 aliphatic rings. The van der Waals surface area contributed by atoms with E-state index < -0.39 is 21.8 Å². The van der Waals surface area contributed by atoms with Gasteiger partial charge in [-0.3, -0.25) is 4.79 Å². The van der Waals surface area contributed by atoms with Crippen molar-refractivity contribution in [3.05, 3.63) is 89.9 Å². The second-order valence-electron chi connectivity index (χ2n) is 7.36. The van der Waals surface area contributed by atoms with Gasteiger partial charge in [0.1, 0.15) is 5.82 Å². The van der Waals surface area contributed by atoms with Gasteiger partial charge in [0.2, 0.25) is 0 Å². The Balaban J connectivity index is 1.76. The number of ether oxygens (including phenoxy) is 1. The summed E-state index contributed by atoms with van der Waals surface area (Å²) in [4.78, 5) is 14.2. The number of nitrogens with zero attached hydrogens (tertiary/aromatic N) is 1. The number of hydrogen-bond donors (Lipinski definition) is 0. The highest BCUT2D eigenvalue weighted by atomic mass is 32.2. The van der Waals surface area contributed by atoms with E-state index in [-0.39, 0.29) is 17.9 Å². The van der Waals surface area contributed by atoms with E-state index in [4.69, 9.17) is 4.74 Å². The van der Waals surface area contributed by atoms with Crippen LogP contribution < -0.4 is 0 Å². The zero-order chi connectivity index (χ0) is 23.6. The van der Waals surface area contributed by atoms with E-state index >= 15 is 0 Å². The van der Waals surface area contributed by atoms with E-state index in [2.05, 4.69) is 0 Å². The highest BCUT2D eigenvalue weighted by molar-refractivity contribution is 7.99. The van der Waals surface area contributed by atoms with Crippen LogP contribution >= 0.6 is 11.8 Å². The first-order valence-electron chi connectivity index (χ1n) is 10.3. The Bertz CT molecular complexity index is 1410. The monoisotopic (exact) mass is 483 g/mol. The predicted octanol–water partition coefficient (Wildman–Crippen LogP) is 5.58. The van der Waals surface area contributed by atoms with Crippen molar-refractivity contribution in [2.24, 2.45) is 0 Å². The van der Waals surface area contributed by atoms with Crippen LogP contribution in [0.4, 0.5) is 4.39 Å². The SMILES string of the molecule is CCOC(=O)Cc1c(C)n(S(=O)(=O)c2ccc(Sc3ccccc3)cc2)c2ccc(F)cc12. The maximum absolute atomic E-state index is 14.0. The molecular formula is C25H22FNO4S2. The molecule has 0 amide bonds. The minimum atomic E-state index is -3.99. The molecule has 3 aromatic carbocycles. The largest absolute Gasteiger partial charge is 0.466 e. The van der Waals surface area contributed by atoms with Crippen LogP contribution in [0.15, 0.2) is 87.5 Å². The molecule has 4 aromatic rings. The fourth-order valence-corrected chi connectivity index (χ4v) is 6.14. The molecule has 0 bridgehead atoms. The van der Waals surface area contributed by atoms with Gasteiger partial charge in [-0.1, -0.05) is 30.0 Å². The average molecular weight is 484 g/mol. The Morgan fingerprint density at radius 3 is 2.33 bits per heavy atom. The maximum Gasteiger partial charge on any atom is 0.310 e. The third-order valence-corrected chi connectivity index (χ3v) is 8.05. The number of hydrogen-bond acceptors (Lipinski definition) is 5. The molecule has 4 rings (SSSR count). The predicted molar refractivity (Wildman–Crippen MR) is 127 cm³/mol. The summed E-state index contributed by atoms with van der Waals surface area (Å²) in [6.07, 6.45) is -0.144. The number of halogens is 1. The third-order valence-electron chi connectivity index (χ3n) is 5.21. The van der Waals surface area contributed by atoms with Crippen LogP contribution in [0.2, 0.25) is 0 Å². The lowest BCUT2D eigenvalue weighted by Crippen LogP contribution is -2.15. The molecule has 0 saturated carbocycles. The van der Waals surface area contributed by atoms with E-state index in [1.807, 2.05) is 30.3 Å². The van der Waals surface area contributed by atoms with Gasteiger partial charge in [-0.2, -0.15) is 0 Å². The Hall–Kier alpha value is -3.10. The molecule has 1 heterocycles. The molecule has 0 aliphatic heterocycles. The van der Waals surface area contributed by atoms with Gasteiger partial charge < -0.3 is 4.74 Å². The summed E-state index contributed by atoms with van der Waals surface area (Å²) in [6.45, 7) is 3.51. The second-order valence-corrected chi connectivity index (χ2v) is 10.3. The van der Waals surface area contributed by atoms with E-state index in [1.54, 1.807) is 38.1 Å². The number of carbonyl (C=O) groups excluding carboxylic acids is 1. The molecule has 0 spiro atoms. The van der Waals surface area contributed by atoms with E-state index in [0.717, 1.165) is 9.79 Å². The Morgan fingerprint density at radius 2 is 1.67 bits per heavy atom. The van der Waals surface area contributed by atoms with Crippen LogP contribution in [-0.2, 0) is 26.0 Å². The first-order valence-corrected chi connectivity index (χ1v) is 12.6. The van der Waals surface area contributed by atoms with Crippen molar-refractivity contribution >= 4 is 38.7 Å². The molecular weight excluding hydrogens is 461 g/mol. The van der Waals surface area contributed by atoms with Crippen LogP contribution in [0.25, 0.3) is 10.9 Å². The molecule has 1 aromatic heterocycles. The van der Waals surface area contributed by atoms with E-state index in [9.17, 15) is 17.6 Å². The fraction of sp³-hybridized carbons (Fsp3) is 0.160. The minimum Gasteiger partial charge on any atom is -0.466 e. The first kappa shape index (κ1) is 23.1. The van der Waals surface area contributed by atoms with Crippen molar-refractivity contribution in [3.63, 3.8) is 0 Å². The highest BCUT2D eigenvalue weighted by Gasteiger charge is 2.26. The molecule has 8 heteroatoms. The van der Waals surface area contributed by atoms with E-state index in [1.165, 1.54) is 33.9 Å². The highest BCUT2D eigenvalue weighted by Crippen LogP contribution is 2.33. The number of fused-ring (bicyclic) bond motifs is 1. The first-order chi connectivity index (χ1) is 15.8. The van der Waals surface area contributed by atoms with Gasteiger partial charge in [0.05, 0.1) is 23.4 Å². The fourth-order valence-electron chi connectivity index (χ4n) is 3.72. The van der Waals surface area contributed by atoms with Crippen molar-refractivity contribution in [1.29, 1.82) is 0 Å². The molecule has 0 saturated heterocycles. The van der Waals surface area contributed by atoms with Crippen LogP contribution in [-0.4, -0.2) is 25.0 Å². The summed E-state index contributed by atoms with van der Waals surface area (Å²) < 4.78 is 47.4. The molecule has 0 fully saturated rings. The normalized spacial score (nSPS) is 11.6. The van der Waals surface area contributed by atoms with Gasteiger partial charge in [0, 0.05) is 20.9 Å². The van der Waals surface area contributed by atoms with Crippen molar-refractivity contribution in [1.82, 2.24) is 3.97 Å². The molecule has 170 valence electrons. The summed E-state index contributed by atoms with van der Waals surface area (Å²) in [7, 11) is -3.99. The molecule has 0 unspecified atom stereocenters. The number of aromatic nitrogens is 1. The van der Waals surface area contributed by atoms with Crippen LogP contribution in [0.1, 0.15) is 18.2 Å². The lowest BCUT2D eigenvalue weighted by atomic mass is 10.1. The Labute approximate surface area is 196 Å². The van der Waals surface area contributed by atoms with Crippen LogP contribution in [0.5, 0.6) is 0 Å². The van der Waals surface area contributed by atoms with Crippen molar-refractivity contribution < 1.29 is 22.3 Å². The van der Waals surface area contributed by atoms with Crippen molar-refractivity contribution in [2.45, 2.75) is 35.0 Å². The van der Waals surface area contributed by atoms with Gasteiger partial charge in [-0.15, -0.1) is 0 Å². The third kappa shape index (κ3) is 4.67. The van der Waals surface area contributed by atoms with Gasteiger partial charge in [0.25, 0.3) is 10.0 Å². The second kappa shape index (κ2) is 9.41. The van der Waals surface area contributed by atoms with Gasteiger partial charge in [0.15, 0.2) is 0 Å². The molecule has 0 aliphatic carbocycles. The number of esters is 1. The lowest BCUT2D eigenvalue weighted by Gasteiger charge is -2.11. The lowest BCUT2D eigenvalue weighted by molar-refractivity contribution is -0.142. The minimum absolute atomic E-state index is 0.104. The quantitative estimate of drug-likeness (QED) is 0.321. The Kier molecular flexibility index (Phi) is 6.58. The van der Waals surface area contributed by atoms with Gasteiger partial charge in [-0.05, 0) is 74.0 Å². The molecule has 33 heavy (non-hydrogen) atoms. The molecule has 0 N–H and O–H groups in total. The summed E-state index contributed by atoms with van der Waals surface area (Å²) in [5, 5.41) is 0.375. The molecule has 5 nitrogen and oxygen atoms in total. The summed E-state index contributed by atoms with van der Waals surface area (Å²) in [5.74, 6) is -1.01. The number of rotatable bonds is 7. The van der Waals surface area contributed by atoms with Crippen molar-refractivity contribution in [2.75, 3.05) is 6.61 Å². The average Bonchev–Trinajstić information content (AvgIpc) is 3.06. The number of carbonyl (C=O) groups is 1. The molecule has 0 atom stereocenters. The molecule has 0 radical (unpaired) electrons. The zero-order valence-electron chi connectivity index (χ0n) is 18.1.